The third kappa shape index (κ3) is 3.28. The fraction of sp³-hybridized carbons (Fsp3) is 0.400. The molecule has 3 N–H and O–H groups in total. The van der Waals surface area contributed by atoms with Crippen molar-refractivity contribution < 1.29 is 4.79 Å². The van der Waals surface area contributed by atoms with E-state index in [1.165, 1.54) is 0 Å². The van der Waals surface area contributed by atoms with Gasteiger partial charge >= 0.3 is 0 Å². The molecule has 0 aliphatic carbocycles. The predicted molar refractivity (Wildman–Crippen MR) is 88.0 cm³/mol. The highest BCUT2D eigenvalue weighted by Gasteiger charge is 2.36. The molecule has 22 heavy (non-hydrogen) atoms. The average molecular weight is 322 g/mol. The van der Waals surface area contributed by atoms with Gasteiger partial charge < -0.3 is 10.6 Å². The minimum atomic E-state index is -0.336. The molecule has 1 aromatic carbocycles. The first-order valence-corrected chi connectivity index (χ1v) is 7.08. The standard InChI is InChI=1S/C15H19N5O.ClH/c1-10-17-13(20-19-10)11-4-3-5-12(8-11)18-14(21)15(2)6-7-16-9-15;/h3-5,8,16H,6-7,9H2,1-2H3,(H,18,21)(H,17,19,20);1H. The number of nitrogens with zero attached hydrogens (tertiary/aromatic N) is 2. The molecule has 1 aliphatic heterocycles. The van der Waals surface area contributed by atoms with Gasteiger partial charge in [-0.15, -0.1) is 12.4 Å². The lowest BCUT2D eigenvalue weighted by atomic mass is 9.88. The third-order valence-electron chi connectivity index (χ3n) is 3.89. The van der Waals surface area contributed by atoms with Crippen LogP contribution in [-0.4, -0.2) is 34.2 Å². The number of nitrogens with one attached hydrogen (secondary N) is 3. The van der Waals surface area contributed by atoms with Crippen LogP contribution in [0.25, 0.3) is 11.4 Å². The van der Waals surface area contributed by atoms with E-state index in [4.69, 9.17) is 0 Å². The molecule has 0 saturated carbocycles. The molecule has 3 rings (SSSR count). The van der Waals surface area contributed by atoms with E-state index < -0.39 is 0 Å². The van der Waals surface area contributed by atoms with Crippen molar-refractivity contribution in [2.24, 2.45) is 5.41 Å². The van der Waals surface area contributed by atoms with Crippen LogP contribution < -0.4 is 10.6 Å². The smallest absolute Gasteiger partial charge is 0.231 e. The summed E-state index contributed by atoms with van der Waals surface area (Å²) in [6, 6.07) is 7.60. The fourth-order valence-corrected chi connectivity index (χ4v) is 2.50. The number of halogens is 1. The number of rotatable bonds is 3. The van der Waals surface area contributed by atoms with E-state index in [1.54, 1.807) is 0 Å². The molecule has 0 radical (unpaired) electrons. The minimum absolute atomic E-state index is 0. The maximum atomic E-state index is 12.4. The number of hydrogen-bond donors (Lipinski definition) is 3. The van der Waals surface area contributed by atoms with E-state index in [1.807, 2.05) is 38.1 Å². The number of aromatic nitrogens is 3. The molecule has 1 unspecified atom stereocenters. The molecule has 2 aromatic rings. The molecule has 6 nitrogen and oxygen atoms in total. The normalized spacial score (nSPS) is 20.5. The quantitative estimate of drug-likeness (QED) is 0.809. The number of carbonyl (C=O) groups excluding carboxylic acids is 1. The van der Waals surface area contributed by atoms with Crippen LogP contribution in [0.2, 0.25) is 0 Å². The van der Waals surface area contributed by atoms with Crippen LogP contribution in [0, 0.1) is 12.3 Å². The van der Waals surface area contributed by atoms with E-state index in [9.17, 15) is 4.79 Å². The van der Waals surface area contributed by atoms with E-state index in [0.29, 0.717) is 5.82 Å². The Bertz CT molecular complexity index is 663. The summed E-state index contributed by atoms with van der Waals surface area (Å²) >= 11 is 0. The monoisotopic (exact) mass is 321 g/mol. The molecule has 118 valence electrons. The summed E-state index contributed by atoms with van der Waals surface area (Å²) in [4.78, 5) is 16.7. The first-order valence-electron chi connectivity index (χ1n) is 7.08. The predicted octanol–water partition coefficient (Wildman–Crippen LogP) is 2.14. The van der Waals surface area contributed by atoms with Crippen molar-refractivity contribution in [3.8, 4) is 11.4 Å². The van der Waals surface area contributed by atoms with Gasteiger partial charge in [-0.05, 0) is 38.9 Å². The molecular weight excluding hydrogens is 302 g/mol. The summed E-state index contributed by atoms with van der Waals surface area (Å²) in [7, 11) is 0. The van der Waals surface area contributed by atoms with Crippen LogP contribution in [0.15, 0.2) is 24.3 Å². The Morgan fingerprint density at radius 1 is 1.41 bits per heavy atom. The zero-order valence-electron chi connectivity index (χ0n) is 12.6. The second-order valence-corrected chi connectivity index (χ2v) is 5.77. The Hall–Kier alpha value is -1.92. The van der Waals surface area contributed by atoms with Gasteiger partial charge in [0.1, 0.15) is 5.82 Å². The van der Waals surface area contributed by atoms with Crippen molar-refractivity contribution in [2.45, 2.75) is 20.3 Å². The Balaban J connectivity index is 0.00000176. The van der Waals surface area contributed by atoms with Crippen LogP contribution >= 0.6 is 12.4 Å². The van der Waals surface area contributed by atoms with Gasteiger partial charge in [0.05, 0.1) is 5.41 Å². The van der Waals surface area contributed by atoms with Crippen molar-refractivity contribution in [1.29, 1.82) is 0 Å². The van der Waals surface area contributed by atoms with Crippen molar-refractivity contribution in [3.05, 3.63) is 30.1 Å². The summed E-state index contributed by atoms with van der Waals surface area (Å²) in [6.07, 6.45) is 0.860. The van der Waals surface area contributed by atoms with E-state index in [2.05, 4.69) is 25.8 Å². The van der Waals surface area contributed by atoms with Crippen LogP contribution in [-0.2, 0) is 4.79 Å². The highest BCUT2D eigenvalue weighted by Crippen LogP contribution is 2.27. The number of benzene rings is 1. The highest BCUT2D eigenvalue weighted by atomic mass is 35.5. The first kappa shape index (κ1) is 16.5. The number of H-pyrrole nitrogens is 1. The Morgan fingerprint density at radius 2 is 2.23 bits per heavy atom. The molecular formula is C15H20ClN5O. The van der Waals surface area contributed by atoms with Crippen molar-refractivity contribution in [3.63, 3.8) is 0 Å². The van der Waals surface area contributed by atoms with Gasteiger partial charge in [-0.1, -0.05) is 12.1 Å². The van der Waals surface area contributed by atoms with E-state index in [0.717, 1.165) is 36.6 Å². The van der Waals surface area contributed by atoms with Gasteiger partial charge in [-0.25, -0.2) is 4.98 Å². The fourth-order valence-electron chi connectivity index (χ4n) is 2.50. The summed E-state index contributed by atoms with van der Waals surface area (Å²) in [5.41, 5.74) is 1.32. The van der Waals surface area contributed by atoms with Crippen molar-refractivity contribution >= 4 is 24.0 Å². The Labute approximate surface area is 135 Å². The summed E-state index contributed by atoms with van der Waals surface area (Å²) in [5, 5.41) is 13.2. The molecule has 7 heteroatoms. The zero-order valence-corrected chi connectivity index (χ0v) is 13.5. The van der Waals surface area contributed by atoms with E-state index >= 15 is 0 Å². The molecule has 1 aromatic heterocycles. The van der Waals surface area contributed by atoms with Gasteiger partial charge in [-0.3, -0.25) is 9.89 Å². The lowest BCUT2D eigenvalue weighted by Crippen LogP contribution is -2.35. The SMILES string of the molecule is Cc1nc(-c2cccc(NC(=O)C3(C)CCNC3)c2)n[nH]1.Cl. The number of anilines is 1. The van der Waals surface area contributed by atoms with Gasteiger partial charge in [-0.2, -0.15) is 5.10 Å². The van der Waals surface area contributed by atoms with Gasteiger partial charge in [0.15, 0.2) is 5.82 Å². The third-order valence-corrected chi connectivity index (χ3v) is 3.89. The summed E-state index contributed by atoms with van der Waals surface area (Å²) in [5.74, 6) is 1.46. The maximum Gasteiger partial charge on any atom is 0.231 e. The van der Waals surface area contributed by atoms with Crippen LogP contribution in [0.5, 0.6) is 0 Å². The molecule has 1 amide bonds. The topological polar surface area (TPSA) is 82.7 Å². The average Bonchev–Trinajstić information content (AvgIpc) is 3.09. The Kier molecular flexibility index (Phi) is 4.83. The molecule has 2 heterocycles. The molecule has 1 aliphatic rings. The molecule has 1 saturated heterocycles. The summed E-state index contributed by atoms with van der Waals surface area (Å²) < 4.78 is 0. The van der Waals surface area contributed by atoms with Crippen molar-refractivity contribution in [1.82, 2.24) is 20.5 Å². The first-order chi connectivity index (χ1) is 10.1. The Morgan fingerprint density at radius 3 is 2.86 bits per heavy atom. The highest BCUT2D eigenvalue weighted by molar-refractivity contribution is 5.95. The van der Waals surface area contributed by atoms with Gasteiger partial charge in [0.2, 0.25) is 5.91 Å². The number of aryl methyl sites for hydroxylation is 1. The molecule has 1 fully saturated rings. The number of carbonyl (C=O) groups is 1. The number of aromatic amines is 1. The maximum absolute atomic E-state index is 12.4. The number of amides is 1. The largest absolute Gasteiger partial charge is 0.326 e. The lowest BCUT2D eigenvalue weighted by molar-refractivity contribution is -0.123. The van der Waals surface area contributed by atoms with Crippen LogP contribution in [0.4, 0.5) is 5.69 Å². The molecule has 0 bridgehead atoms. The van der Waals surface area contributed by atoms with Crippen LogP contribution in [0.3, 0.4) is 0 Å². The van der Waals surface area contributed by atoms with E-state index in [-0.39, 0.29) is 23.7 Å². The van der Waals surface area contributed by atoms with Gasteiger partial charge in [0.25, 0.3) is 0 Å². The second kappa shape index (κ2) is 6.46. The molecule has 0 spiro atoms. The molecule has 1 atom stereocenters. The van der Waals surface area contributed by atoms with Gasteiger partial charge in [0, 0.05) is 17.8 Å². The second-order valence-electron chi connectivity index (χ2n) is 5.77. The zero-order chi connectivity index (χ0) is 14.9. The number of hydrogen-bond acceptors (Lipinski definition) is 4. The lowest BCUT2D eigenvalue weighted by Gasteiger charge is -2.21. The van der Waals surface area contributed by atoms with Crippen LogP contribution in [0.1, 0.15) is 19.2 Å². The minimum Gasteiger partial charge on any atom is -0.326 e. The summed E-state index contributed by atoms with van der Waals surface area (Å²) in [6.45, 7) is 5.46. The van der Waals surface area contributed by atoms with Crippen molar-refractivity contribution in [2.75, 3.05) is 18.4 Å².